The SMILES string of the molecule is CC#CC(C)NS(=O)O. The molecule has 0 saturated heterocycles. The first kappa shape index (κ1) is 8.63. The zero-order valence-electron chi connectivity index (χ0n) is 5.34. The van der Waals surface area contributed by atoms with Crippen molar-refractivity contribution in [2.24, 2.45) is 0 Å². The number of hydrogen-bond acceptors (Lipinski definition) is 1. The fourth-order valence-corrected chi connectivity index (χ4v) is 0.759. The maximum atomic E-state index is 10.0. The van der Waals surface area contributed by atoms with Crippen LogP contribution in [-0.2, 0) is 11.3 Å². The van der Waals surface area contributed by atoms with E-state index in [0.29, 0.717) is 0 Å². The molecule has 52 valence electrons. The second kappa shape index (κ2) is 4.50. The molecular weight excluding hydrogens is 138 g/mol. The summed E-state index contributed by atoms with van der Waals surface area (Å²) in [6, 6.07) is -0.221. The van der Waals surface area contributed by atoms with E-state index in [1.54, 1.807) is 13.8 Å². The van der Waals surface area contributed by atoms with Gasteiger partial charge in [0.15, 0.2) is 0 Å². The van der Waals surface area contributed by atoms with Gasteiger partial charge in [0.25, 0.3) is 0 Å². The molecule has 0 saturated carbocycles. The van der Waals surface area contributed by atoms with Crippen LogP contribution in [0.4, 0.5) is 0 Å². The van der Waals surface area contributed by atoms with E-state index >= 15 is 0 Å². The molecule has 0 amide bonds. The zero-order valence-corrected chi connectivity index (χ0v) is 6.16. The largest absolute Gasteiger partial charge is 0.294 e. The molecule has 0 rings (SSSR count). The summed E-state index contributed by atoms with van der Waals surface area (Å²) in [5.74, 6) is 5.28. The molecule has 4 heteroatoms. The van der Waals surface area contributed by atoms with Crippen molar-refractivity contribution in [2.45, 2.75) is 19.9 Å². The van der Waals surface area contributed by atoms with Gasteiger partial charge >= 0.3 is 0 Å². The van der Waals surface area contributed by atoms with Crippen LogP contribution < -0.4 is 4.72 Å². The highest BCUT2D eigenvalue weighted by molar-refractivity contribution is 7.77. The lowest BCUT2D eigenvalue weighted by Gasteiger charge is -1.99. The minimum Gasteiger partial charge on any atom is -0.294 e. The van der Waals surface area contributed by atoms with Crippen LogP contribution in [0.1, 0.15) is 13.8 Å². The molecule has 2 N–H and O–H groups in total. The Morgan fingerprint density at radius 3 is 2.67 bits per heavy atom. The fraction of sp³-hybridized carbons (Fsp3) is 0.600. The van der Waals surface area contributed by atoms with Crippen LogP contribution in [0.3, 0.4) is 0 Å². The molecule has 3 nitrogen and oxygen atoms in total. The van der Waals surface area contributed by atoms with Gasteiger partial charge in [0.2, 0.25) is 11.3 Å². The predicted molar refractivity (Wildman–Crippen MR) is 36.8 cm³/mol. The first-order valence-electron chi connectivity index (χ1n) is 2.46. The second-order valence-electron chi connectivity index (χ2n) is 1.48. The molecule has 0 aromatic rings. The molecule has 0 spiro atoms. The molecular formula is C5H9NO2S. The van der Waals surface area contributed by atoms with Crippen molar-refractivity contribution in [1.82, 2.24) is 4.72 Å². The maximum Gasteiger partial charge on any atom is 0.232 e. The highest BCUT2D eigenvalue weighted by Crippen LogP contribution is 1.76. The van der Waals surface area contributed by atoms with Gasteiger partial charge < -0.3 is 0 Å². The molecule has 0 heterocycles. The summed E-state index contributed by atoms with van der Waals surface area (Å²) in [5, 5.41) is 0. The van der Waals surface area contributed by atoms with Crippen LogP contribution in [0.25, 0.3) is 0 Å². The predicted octanol–water partition coefficient (Wildman–Crippen LogP) is 0.125. The van der Waals surface area contributed by atoms with E-state index in [1.807, 2.05) is 0 Å². The average molecular weight is 147 g/mol. The highest BCUT2D eigenvalue weighted by Gasteiger charge is 1.96. The second-order valence-corrected chi connectivity index (χ2v) is 2.22. The normalized spacial score (nSPS) is 15.4. The third kappa shape index (κ3) is 5.50. The molecule has 0 fully saturated rings. The summed E-state index contributed by atoms with van der Waals surface area (Å²) in [5.41, 5.74) is 0. The number of hydrogen-bond donors (Lipinski definition) is 2. The Morgan fingerprint density at radius 2 is 2.33 bits per heavy atom. The van der Waals surface area contributed by atoms with E-state index in [2.05, 4.69) is 16.6 Å². The molecule has 0 aliphatic rings. The van der Waals surface area contributed by atoms with Gasteiger partial charge in [-0.3, -0.25) is 4.55 Å². The smallest absolute Gasteiger partial charge is 0.232 e. The molecule has 2 atom stereocenters. The van der Waals surface area contributed by atoms with Crippen LogP contribution >= 0.6 is 0 Å². The van der Waals surface area contributed by atoms with Gasteiger partial charge in [-0.25, -0.2) is 8.93 Å². The van der Waals surface area contributed by atoms with E-state index in [1.165, 1.54) is 0 Å². The van der Waals surface area contributed by atoms with Crippen molar-refractivity contribution in [1.29, 1.82) is 0 Å². The quantitative estimate of drug-likeness (QED) is 0.430. The van der Waals surface area contributed by atoms with E-state index in [4.69, 9.17) is 4.55 Å². The molecule has 9 heavy (non-hydrogen) atoms. The average Bonchev–Trinajstić information content (AvgIpc) is 1.63. The Bertz CT molecular complexity index is 158. The summed E-state index contributed by atoms with van der Waals surface area (Å²) in [7, 11) is 0. The molecule has 2 unspecified atom stereocenters. The molecule has 0 radical (unpaired) electrons. The Morgan fingerprint density at radius 1 is 1.78 bits per heavy atom. The number of nitrogens with one attached hydrogen (secondary N) is 1. The maximum absolute atomic E-state index is 10.0. The van der Waals surface area contributed by atoms with E-state index < -0.39 is 11.3 Å². The van der Waals surface area contributed by atoms with Crippen molar-refractivity contribution in [2.75, 3.05) is 0 Å². The standard InChI is InChI=1S/C5H9NO2S/c1-3-4-5(2)6-9(7)8/h5-6H,1-2H3,(H,7,8). The highest BCUT2D eigenvalue weighted by atomic mass is 32.2. The number of rotatable bonds is 2. The summed E-state index contributed by atoms with van der Waals surface area (Å²) >= 11 is -1.95. The molecule has 0 aromatic carbocycles. The van der Waals surface area contributed by atoms with Crippen molar-refractivity contribution in [3.05, 3.63) is 0 Å². The topological polar surface area (TPSA) is 49.3 Å². The van der Waals surface area contributed by atoms with E-state index in [0.717, 1.165) is 0 Å². The third-order valence-electron chi connectivity index (χ3n) is 0.638. The first-order chi connectivity index (χ1) is 4.16. The molecule has 0 aliphatic carbocycles. The van der Waals surface area contributed by atoms with Crippen molar-refractivity contribution in [3.63, 3.8) is 0 Å². The van der Waals surface area contributed by atoms with Gasteiger partial charge in [0.1, 0.15) is 0 Å². The third-order valence-corrected chi connectivity index (χ3v) is 1.19. The van der Waals surface area contributed by atoms with Gasteiger partial charge in [-0.2, -0.15) is 0 Å². The summed E-state index contributed by atoms with van der Waals surface area (Å²) in [6.45, 7) is 3.39. The minimum atomic E-state index is -1.95. The monoisotopic (exact) mass is 147 g/mol. The van der Waals surface area contributed by atoms with Crippen LogP contribution in [0.5, 0.6) is 0 Å². The van der Waals surface area contributed by atoms with Crippen LogP contribution in [0.15, 0.2) is 0 Å². The summed E-state index contributed by atoms with van der Waals surface area (Å²) < 4.78 is 20.6. The zero-order chi connectivity index (χ0) is 7.28. The van der Waals surface area contributed by atoms with E-state index in [-0.39, 0.29) is 6.04 Å². The fourth-order valence-electron chi connectivity index (χ4n) is 0.397. The van der Waals surface area contributed by atoms with Crippen LogP contribution in [0, 0.1) is 11.8 Å². The minimum absolute atomic E-state index is 0.221. The van der Waals surface area contributed by atoms with Crippen molar-refractivity contribution >= 4 is 11.3 Å². The summed E-state index contributed by atoms with van der Waals surface area (Å²) in [6.07, 6.45) is 0. The van der Waals surface area contributed by atoms with Gasteiger partial charge in [-0.1, -0.05) is 5.92 Å². The lowest BCUT2D eigenvalue weighted by Crippen LogP contribution is -2.25. The lowest BCUT2D eigenvalue weighted by molar-refractivity contribution is 0.545. The summed E-state index contributed by atoms with van der Waals surface area (Å²) in [4.78, 5) is 0. The Hall–Kier alpha value is -0.370. The van der Waals surface area contributed by atoms with Crippen molar-refractivity contribution in [3.8, 4) is 11.8 Å². The molecule has 0 aliphatic heterocycles. The lowest BCUT2D eigenvalue weighted by atomic mass is 10.4. The molecule has 0 bridgehead atoms. The Labute approximate surface area is 57.3 Å². The molecule has 0 aromatic heterocycles. The van der Waals surface area contributed by atoms with Gasteiger partial charge in [-0.15, -0.1) is 5.92 Å². The van der Waals surface area contributed by atoms with E-state index in [9.17, 15) is 4.21 Å². The van der Waals surface area contributed by atoms with Gasteiger partial charge in [0.05, 0.1) is 6.04 Å². The van der Waals surface area contributed by atoms with Crippen LogP contribution in [0.2, 0.25) is 0 Å². The van der Waals surface area contributed by atoms with Crippen molar-refractivity contribution < 1.29 is 8.76 Å². The van der Waals surface area contributed by atoms with Crippen LogP contribution in [-0.4, -0.2) is 14.8 Å². The Kier molecular flexibility index (Phi) is 4.32. The van der Waals surface area contributed by atoms with Gasteiger partial charge in [0, 0.05) is 0 Å². The van der Waals surface area contributed by atoms with Gasteiger partial charge in [-0.05, 0) is 13.8 Å². The Balaban J connectivity index is 3.59. The first-order valence-corrected chi connectivity index (χ1v) is 3.56.